The van der Waals surface area contributed by atoms with E-state index < -0.39 is 54.0 Å². The fourth-order valence-corrected chi connectivity index (χ4v) is 3.86. The van der Waals surface area contributed by atoms with Gasteiger partial charge in [0.05, 0.1) is 17.7 Å². The lowest BCUT2D eigenvalue weighted by Crippen LogP contribution is -2.50. The molecule has 0 saturated carbocycles. The molecular weight excluding hydrogens is 445 g/mol. The van der Waals surface area contributed by atoms with E-state index in [1.165, 1.54) is 11.0 Å². The summed E-state index contributed by atoms with van der Waals surface area (Å²) in [5, 5.41) is 2.54. The first-order valence-corrected chi connectivity index (χ1v) is 11.6. The van der Waals surface area contributed by atoms with Crippen LogP contribution in [-0.4, -0.2) is 66.1 Å². The van der Waals surface area contributed by atoms with Gasteiger partial charge in [-0.25, -0.2) is 13.6 Å². The Morgan fingerprint density at radius 3 is 2.35 bits per heavy atom. The number of rotatable bonds is 5. The lowest BCUT2D eigenvalue weighted by Gasteiger charge is -2.32. The lowest BCUT2D eigenvalue weighted by molar-refractivity contribution is -0.132. The van der Waals surface area contributed by atoms with Gasteiger partial charge in [-0.3, -0.25) is 4.79 Å². The molecule has 2 amide bonds. The van der Waals surface area contributed by atoms with Gasteiger partial charge in [-0.15, -0.1) is 0 Å². The predicted octanol–water partition coefficient (Wildman–Crippen LogP) is 3.13. The highest BCUT2D eigenvalue weighted by atomic mass is 19.1. The van der Waals surface area contributed by atoms with Crippen molar-refractivity contribution in [3.63, 3.8) is 0 Å². The summed E-state index contributed by atoms with van der Waals surface area (Å²) in [5.74, 6) is -1.03. The first-order valence-electron chi connectivity index (χ1n) is 11.6. The standard InChI is InChI=1S/C24H35BF2N2O5/c1-22(2,3)32-21(31)28-19(20(30)29-11-10-17(26)14-29)12-15-8-9-16(13-18(15)27)25-33-23(4,5)24(6,7)34-25/h8-9,13,17,19H,10-12,14H2,1-7H3,(H,28,31). The molecule has 2 aliphatic rings. The van der Waals surface area contributed by atoms with Crippen molar-refractivity contribution in [2.75, 3.05) is 13.1 Å². The van der Waals surface area contributed by atoms with Crippen molar-refractivity contribution in [2.45, 2.75) is 90.3 Å². The molecule has 2 heterocycles. The number of carbonyl (C=O) groups is 2. The first-order chi connectivity index (χ1) is 15.6. The van der Waals surface area contributed by atoms with Gasteiger partial charge in [-0.1, -0.05) is 12.1 Å². The Morgan fingerprint density at radius 2 is 1.85 bits per heavy atom. The minimum atomic E-state index is -1.11. The SMILES string of the molecule is CC(C)(C)OC(=O)NC(Cc1ccc(B2OC(C)(C)C(C)(C)O2)cc1F)C(=O)N1CCC(F)C1. The maximum absolute atomic E-state index is 15.1. The maximum Gasteiger partial charge on any atom is 0.494 e. The Balaban J connectivity index is 1.78. The molecule has 34 heavy (non-hydrogen) atoms. The number of halogens is 2. The highest BCUT2D eigenvalue weighted by Crippen LogP contribution is 2.36. The number of nitrogens with zero attached hydrogens (tertiary/aromatic N) is 1. The molecule has 2 fully saturated rings. The van der Waals surface area contributed by atoms with Gasteiger partial charge in [0.25, 0.3) is 0 Å². The molecule has 2 unspecified atom stereocenters. The Hall–Kier alpha value is -2.20. The quantitative estimate of drug-likeness (QED) is 0.656. The van der Waals surface area contributed by atoms with E-state index in [0.717, 1.165) is 0 Å². The van der Waals surface area contributed by atoms with Crippen molar-refractivity contribution in [3.8, 4) is 0 Å². The van der Waals surface area contributed by atoms with Crippen molar-refractivity contribution >= 4 is 24.6 Å². The van der Waals surface area contributed by atoms with Crippen LogP contribution >= 0.6 is 0 Å². The average molecular weight is 480 g/mol. The van der Waals surface area contributed by atoms with E-state index in [1.54, 1.807) is 32.9 Å². The summed E-state index contributed by atoms with van der Waals surface area (Å²) in [6, 6.07) is 3.45. The van der Waals surface area contributed by atoms with Gasteiger partial charge in [0.1, 0.15) is 23.6 Å². The molecule has 3 rings (SSSR count). The molecule has 188 valence electrons. The number of amides is 2. The number of likely N-dealkylation sites (tertiary alicyclic amines) is 1. The average Bonchev–Trinajstić information content (AvgIpc) is 3.20. The van der Waals surface area contributed by atoms with Crippen LogP contribution in [0.2, 0.25) is 0 Å². The van der Waals surface area contributed by atoms with E-state index in [2.05, 4.69) is 5.32 Å². The van der Waals surface area contributed by atoms with Gasteiger partial charge in [-0.05, 0) is 72.0 Å². The van der Waals surface area contributed by atoms with Gasteiger partial charge >= 0.3 is 13.2 Å². The van der Waals surface area contributed by atoms with Crippen LogP contribution in [0, 0.1) is 5.82 Å². The smallest absolute Gasteiger partial charge is 0.444 e. The molecule has 1 aromatic rings. The third-order valence-electron chi connectivity index (χ3n) is 6.46. The second-order valence-corrected chi connectivity index (χ2v) is 11.0. The highest BCUT2D eigenvalue weighted by Gasteiger charge is 2.51. The summed E-state index contributed by atoms with van der Waals surface area (Å²) < 4.78 is 46.0. The van der Waals surface area contributed by atoms with Crippen LogP contribution in [0.1, 0.15) is 60.5 Å². The fourth-order valence-electron chi connectivity index (χ4n) is 3.86. The monoisotopic (exact) mass is 480 g/mol. The molecule has 0 radical (unpaired) electrons. The number of nitrogens with one attached hydrogen (secondary N) is 1. The molecule has 0 aliphatic carbocycles. The van der Waals surface area contributed by atoms with Gasteiger partial charge in [-0.2, -0.15) is 0 Å². The van der Waals surface area contributed by atoms with E-state index >= 15 is 4.39 Å². The van der Waals surface area contributed by atoms with Crippen LogP contribution in [0.3, 0.4) is 0 Å². The fraction of sp³-hybridized carbons (Fsp3) is 0.667. The molecule has 0 spiro atoms. The Kier molecular flexibility index (Phi) is 7.34. The second kappa shape index (κ2) is 9.45. The Labute approximate surface area is 200 Å². The van der Waals surface area contributed by atoms with E-state index in [9.17, 15) is 14.0 Å². The van der Waals surface area contributed by atoms with Crippen LogP contribution < -0.4 is 10.8 Å². The number of benzene rings is 1. The van der Waals surface area contributed by atoms with E-state index in [1.807, 2.05) is 27.7 Å². The van der Waals surface area contributed by atoms with Crippen molar-refractivity contribution in [2.24, 2.45) is 0 Å². The largest absolute Gasteiger partial charge is 0.494 e. The van der Waals surface area contributed by atoms with Crippen molar-refractivity contribution in [1.29, 1.82) is 0 Å². The summed E-state index contributed by atoms with van der Waals surface area (Å²) in [5.41, 5.74) is -1.16. The number of alkyl carbamates (subject to hydrolysis) is 1. The molecule has 10 heteroatoms. The molecule has 2 saturated heterocycles. The summed E-state index contributed by atoms with van der Waals surface area (Å²) in [6.45, 7) is 13.0. The van der Waals surface area contributed by atoms with Crippen LogP contribution in [0.25, 0.3) is 0 Å². The van der Waals surface area contributed by atoms with Crippen molar-refractivity contribution < 1.29 is 32.4 Å². The maximum atomic E-state index is 15.1. The number of ether oxygens (including phenoxy) is 1. The third-order valence-corrected chi connectivity index (χ3v) is 6.46. The zero-order valence-corrected chi connectivity index (χ0v) is 21.0. The number of hydrogen-bond donors (Lipinski definition) is 1. The Bertz CT molecular complexity index is 918. The van der Waals surface area contributed by atoms with Gasteiger partial charge < -0.3 is 24.3 Å². The van der Waals surface area contributed by atoms with Gasteiger partial charge in [0, 0.05) is 13.0 Å². The van der Waals surface area contributed by atoms with Crippen LogP contribution in [0.5, 0.6) is 0 Å². The summed E-state index contributed by atoms with van der Waals surface area (Å²) >= 11 is 0. The normalized spacial score (nSPS) is 22.6. The molecule has 0 aromatic heterocycles. The lowest BCUT2D eigenvalue weighted by atomic mass is 9.78. The molecule has 1 aromatic carbocycles. The van der Waals surface area contributed by atoms with Crippen LogP contribution in [0.4, 0.5) is 13.6 Å². The molecule has 2 aliphatic heterocycles. The van der Waals surface area contributed by atoms with Gasteiger partial charge in [0.15, 0.2) is 0 Å². The van der Waals surface area contributed by atoms with Crippen LogP contribution in [0.15, 0.2) is 18.2 Å². The van der Waals surface area contributed by atoms with E-state index in [0.29, 0.717) is 5.46 Å². The first kappa shape index (κ1) is 26.4. The number of hydrogen-bond acceptors (Lipinski definition) is 5. The minimum Gasteiger partial charge on any atom is -0.444 e. The van der Waals surface area contributed by atoms with E-state index in [4.69, 9.17) is 14.0 Å². The van der Waals surface area contributed by atoms with Crippen molar-refractivity contribution in [1.82, 2.24) is 10.2 Å². The molecular formula is C24H35BF2N2O5. The summed E-state index contributed by atoms with van der Waals surface area (Å²) in [4.78, 5) is 26.8. The highest BCUT2D eigenvalue weighted by molar-refractivity contribution is 6.62. The zero-order chi connectivity index (χ0) is 25.5. The predicted molar refractivity (Wildman–Crippen MR) is 125 cm³/mol. The van der Waals surface area contributed by atoms with Gasteiger partial charge in [0.2, 0.25) is 5.91 Å². The minimum absolute atomic E-state index is 0.0469. The molecule has 2 atom stereocenters. The second-order valence-electron chi connectivity index (χ2n) is 11.0. The summed E-state index contributed by atoms with van der Waals surface area (Å²) in [6.07, 6.45) is -1.78. The molecule has 1 N–H and O–H groups in total. The van der Waals surface area contributed by atoms with Crippen LogP contribution in [-0.2, 0) is 25.3 Å². The topological polar surface area (TPSA) is 77.1 Å². The number of alkyl halides is 1. The number of carbonyl (C=O) groups excluding carboxylic acids is 2. The van der Waals surface area contributed by atoms with Crippen molar-refractivity contribution in [3.05, 3.63) is 29.6 Å². The Morgan fingerprint density at radius 1 is 1.24 bits per heavy atom. The third kappa shape index (κ3) is 6.07. The zero-order valence-electron chi connectivity index (χ0n) is 21.0. The molecule has 0 bridgehead atoms. The molecule has 7 nitrogen and oxygen atoms in total. The van der Waals surface area contributed by atoms with E-state index in [-0.39, 0.29) is 31.5 Å². The summed E-state index contributed by atoms with van der Waals surface area (Å²) in [7, 11) is -0.725.